The normalized spacial score (nSPS) is 35.6. The lowest BCUT2D eigenvalue weighted by Gasteiger charge is -2.34. The molecule has 37 heavy (non-hydrogen) atoms. The largest absolute Gasteiger partial charge is 0.457 e. The number of pyridine rings is 1. The number of hydrogen-bond donors (Lipinski definition) is 2. The number of benzene rings is 1. The number of hydrogen-bond acceptors (Lipinski definition) is 7. The van der Waals surface area contributed by atoms with Crippen LogP contribution in [-0.2, 0) is 19.1 Å². The van der Waals surface area contributed by atoms with Gasteiger partial charge < -0.3 is 19.7 Å². The third kappa shape index (κ3) is 5.89. The number of cyclic esters (lactones) is 1. The van der Waals surface area contributed by atoms with Crippen molar-refractivity contribution < 1.29 is 29.3 Å². The standard InChI is InChI=1S/C30H41NO6/c1-17-8-7-13-30(6)25(37-30)15-23(21-12-11-20-10-9-18(2)31-22(20)14-21)36-26(33)16-24(32)29(4,5)28(35)19(3)27(17)34/h9-12,14,17,19,23-25,27,32,34H,7-8,13,15-16H2,1-6H3. The SMILES string of the molecule is Cc1ccc2ccc(C3CC4OC4(C)CCCC(C)C(O)C(C)C(=O)C(C)(C)C(O)CC(=O)O3)cc2n1. The number of ketones is 1. The molecule has 0 amide bonds. The third-order valence-electron chi connectivity index (χ3n) is 8.63. The Kier molecular flexibility index (Phi) is 7.80. The second-order valence-electron chi connectivity index (χ2n) is 12.0. The van der Waals surface area contributed by atoms with Crippen LogP contribution in [0.3, 0.4) is 0 Å². The van der Waals surface area contributed by atoms with E-state index in [0.717, 1.165) is 41.4 Å². The fraction of sp³-hybridized carbons (Fsp3) is 0.633. The first-order chi connectivity index (χ1) is 17.3. The number of aryl methyl sites for hydroxylation is 1. The summed E-state index contributed by atoms with van der Waals surface area (Å²) in [6.45, 7) is 10.9. The quantitative estimate of drug-likeness (QED) is 0.417. The number of carbonyl (C=O) groups excluding carboxylic acids is 2. The number of ether oxygens (including phenoxy) is 2. The maximum atomic E-state index is 13.3. The van der Waals surface area contributed by atoms with Gasteiger partial charge in [-0.15, -0.1) is 0 Å². The van der Waals surface area contributed by atoms with Gasteiger partial charge in [-0.2, -0.15) is 0 Å². The van der Waals surface area contributed by atoms with E-state index in [1.165, 1.54) is 0 Å². The van der Waals surface area contributed by atoms with Crippen molar-refractivity contribution in [3.05, 3.63) is 41.6 Å². The summed E-state index contributed by atoms with van der Waals surface area (Å²) in [7, 11) is 0. The van der Waals surface area contributed by atoms with Crippen LogP contribution in [0.15, 0.2) is 30.3 Å². The Labute approximate surface area is 219 Å². The average Bonchev–Trinajstić information content (AvgIpc) is 3.49. The summed E-state index contributed by atoms with van der Waals surface area (Å²) in [6.07, 6.45) is -0.0873. The smallest absolute Gasteiger partial charge is 0.309 e. The number of aliphatic hydroxyl groups is 2. The molecular formula is C30H41NO6. The Morgan fingerprint density at radius 3 is 2.49 bits per heavy atom. The molecule has 1 aromatic heterocycles. The lowest BCUT2D eigenvalue weighted by Crippen LogP contribution is -2.45. The van der Waals surface area contributed by atoms with Crippen molar-refractivity contribution in [1.82, 2.24) is 4.98 Å². The van der Waals surface area contributed by atoms with E-state index in [1.54, 1.807) is 20.8 Å². The van der Waals surface area contributed by atoms with Crippen molar-refractivity contribution in [2.75, 3.05) is 0 Å². The molecule has 0 saturated carbocycles. The molecule has 1 aromatic carbocycles. The molecule has 2 aliphatic rings. The Bertz CT molecular complexity index is 1160. The van der Waals surface area contributed by atoms with Crippen LogP contribution in [0.1, 0.15) is 84.1 Å². The van der Waals surface area contributed by atoms with Crippen LogP contribution >= 0.6 is 0 Å². The van der Waals surface area contributed by atoms with Crippen molar-refractivity contribution in [2.45, 2.75) is 104 Å². The highest BCUT2D eigenvalue weighted by Crippen LogP contribution is 2.46. The molecule has 2 aliphatic heterocycles. The molecule has 7 atom stereocenters. The number of carbonyl (C=O) groups is 2. The fourth-order valence-corrected chi connectivity index (χ4v) is 5.66. The molecule has 2 fully saturated rings. The molecule has 0 bridgehead atoms. The van der Waals surface area contributed by atoms with Gasteiger partial charge in [-0.3, -0.25) is 14.6 Å². The Morgan fingerprint density at radius 1 is 1.05 bits per heavy atom. The summed E-state index contributed by atoms with van der Waals surface area (Å²) in [6, 6.07) is 9.85. The lowest BCUT2D eigenvalue weighted by atomic mass is 9.73. The van der Waals surface area contributed by atoms with E-state index in [-0.39, 0.29) is 29.8 Å². The van der Waals surface area contributed by atoms with E-state index in [4.69, 9.17) is 9.47 Å². The van der Waals surface area contributed by atoms with Crippen molar-refractivity contribution in [2.24, 2.45) is 17.3 Å². The first-order valence-electron chi connectivity index (χ1n) is 13.5. The van der Waals surface area contributed by atoms with Gasteiger partial charge >= 0.3 is 5.97 Å². The first-order valence-corrected chi connectivity index (χ1v) is 13.5. The molecule has 3 heterocycles. The highest BCUT2D eigenvalue weighted by Gasteiger charge is 2.53. The summed E-state index contributed by atoms with van der Waals surface area (Å²) in [5, 5.41) is 22.8. The molecule has 0 radical (unpaired) electrons. The predicted octanol–water partition coefficient (Wildman–Crippen LogP) is 4.84. The molecule has 2 aromatic rings. The third-order valence-corrected chi connectivity index (χ3v) is 8.63. The summed E-state index contributed by atoms with van der Waals surface area (Å²) in [5.74, 6) is -1.58. The zero-order valence-corrected chi connectivity index (χ0v) is 22.9. The van der Waals surface area contributed by atoms with E-state index in [9.17, 15) is 19.8 Å². The summed E-state index contributed by atoms with van der Waals surface area (Å²) >= 11 is 0. The van der Waals surface area contributed by atoms with E-state index >= 15 is 0 Å². The van der Waals surface area contributed by atoms with Crippen molar-refractivity contribution in [3.63, 3.8) is 0 Å². The highest BCUT2D eigenvalue weighted by molar-refractivity contribution is 5.88. The van der Waals surface area contributed by atoms with Crippen LogP contribution in [0, 0.1) is 24.2 Å². The second kappa shape index (κ2) is 10.4. The van der Waals surface area contributed by atoms with Crippen LogP contribution in [0.5, 0.6) is 0 Å². The molecule has 202 valence electrons. The number of rotatable bonds is 1. The number of fused-ring (bicyclic) bond motifs is 2. The van der Waals surface area contributed by atoms with Gasteiger partial charge in [0.25, 0.3) is 0 Å². The zero-order chi connectivity index (χ0) is 27.1. The number of aliphatic hydroxyl groups excluding tert-OH is 2. The average molecular weight is 512 g/mol. The van der Waals surface area contributed by atoms with Gasteiger partial charge in [-0.05, 0) is 50.3 Å². The van der Waals surface area contributed by atoms with E-state index in [0.29, 0.717) is 6.42 Å². The molecule has 2 saturated heterocycles. The van der Waals surface area contributed by atoms with Crippen molar-refractivity contribution >= 4 is 22.7 Å². The van der Waals surface area contributed by atoms with Crippen LogP contribution < -0.4 is 0 Å². The molecule has 7 nitrogen and oxygen atoms in total. The van der Waals surface area contributed by atoms with E-state index in [2.05, 4.69) is 11.9 Å². The van der Waals surface area contributed by atoms with Gasteiger partial charge in [0.2, 0.25) is 0 Å². The predicted molar refractivity (Wildman–Crippen MR) is 141 cm³/mol. The van der Waals surface area contributed by atoms with Crippen LogP contribution in [0.25, 0.3) is 10.9 Å². The number of epoxide rings is 1. The molecule has 4 rings (SSSR count). The van der Waals surface area contributed by atoms with Crippen LogP contribution in [0.2, 0.25) is 0 Å². The second-order valence-corrected chi connectivity index (χ2v) is 12.0. The van der Waals surface area contributed by atoms with Gasteiger partial charge in [0.1, 0.15) is 11.9 Å². The molecule has 0 aliphatic carbocycles. The maximum Gasteiger partial charge on any atom is 0.309 e. The van der Waals surface area contributed by atoms with Gasteiger partial charge in [-0.1, -0.05) is 52.3 Å². The first kappa shape index (κ1) is 27.7. The van der Waals surface area contributed by atoms with Crippen molar-refractivity contribution in [3.8, 4) is 0 Å². The topological polar surface area (TPSA) is 109 Å². The molecule has 0 spiro atoms. The van der Waals surface area contributed by atoms with Crippen LogP contribution in [0.4, 0.5) is 0 Å². The monoisotopic (exact) mass is 511 g/mol. The van der Waals surface area contributed by atoms with E-state index < -0.39 is 35.6 Å². The fourth-order valence-electron chi connectivity index (χ4n) is 5.66. The summed E-state index contributed by atoms with van der Waals surface area (Å²) in [4.78, 5) is 31.0. The molecule has 7 heteroatoms. The summed E-state index contributed by atoms with van der Waals surface area (Å²) < 4.78 is 12.1. The van der Waals surface area contributed by atoms with Gasteiger partial charge in [0, 0.05) is 23.4 Å². The Morgan fingerprint density at radius 2 is 1.76 bits per heavy atom. The molecular weight excluding hydrogens is 470 g/mol. The van der Waals surface area contributed by atoms with Crippen molar-refractivity contribution in [1.29, 1.82) is 0 Å². The summed E-state index contributed by atoms with van der Waals surface area (Å²) in [5.41, 5.74) is 1.03. The number of aromatic nitrogens is 1. The van der Waals surface area contributed by atoms with Gasteiger partial charge in [-0.25, -0.2) is 0 Å². The molecule has 7 unspecified atom stereocenters. The highest BCUT2D eigenvalue weighted by atomic mass is 16.6. The maximum absolute atomic E-state index is 13.3. The molecule has 2 N–H and O–H groups in total. The zero-order valence-electron chi connectivity index (χ0n) is 22.9. The Balaban J connectivity index is 1.63. The minimum atomic E-state index is -1.24. The minimum absolute atomic E-state index is 0.0681. The lowest BCUT2D eigenvalue weighted by molar-refractivity contribution is -0.156. The van der Waals surface area contributed by atoms with Crippen LogP contribution in [-0.4, -0.2) is 50.9 Å². The van der Waals surface area contributed by atoms with Gasteiger partial charge in [0.05, 0.1) is 41.3 Å². The van der Waals surface area contributed by atoms with Gasteiger partial charge in [0.15, 0.2) is 0 Å². The van der Waals surface area contributed by atoms with E-state index in [1.807, 2.05) is 44.2 Å². The number of esters is 1. The number of Topliss-reactive ketones (excluding diaryl/α,β-unsaturated/α-hetero) is 1. The minimum Gasteiger partial charge on any atom is -0.457 e. The number of nitrogens with zero attached hydrogens (tertiary/aromatic N) is 1. The Hall–Kier alpha value is -2.35.